The lowest BCUT2D eigenvalue weighted by Crippen LogP contribution is -2.47. The van der Waals surface area contributed by atoms with Crippen molar-refractivity contribution in [2.24, 2.45) is 0 Å². The van der Waals surface area contributed by atoms with E-state index in [2.05, 4.69) is 36.0 Å². The standard InChI is InChI=1S/C12H21N3OS/c1-8-7-16-9(2)6-15(8)12-14-5-11(17-12)10(3)13-4/h5,8-10,13H,6-7H2,1-4H3. The van der Waals surface area contributed by atoms with E-state index >= 15 is 0 Å². The number of morpholine rings is 1. The molecule has 5 heteroatoms. The smallest absolute Gasteiger partial charge is 0.185 e. The fourth-order valence-electron chi connectivity index (χ4n) is 1.92. The van der Waals surface area contributed by atoms with Crippen LogP contribution in [-0.4, -0.2) is 37.3 Å². The zero-order valence-electron chi connectivity index (χ0n) is 10.9. The van der Waals surface area contributed by atoms with Crippen molar-refractivity contribution < 1.29 is 4.74 Å². The van der Waals surface area contributed by atoms with Crippen molar-refractivity contribution in [2.75, 3.05) is 25.1 Å². The highest BCUT2D eigenvalue weighted by Crippen LogP contribution is 2.29. The van der Waals surface area contributed by atoms with Crippen LogP contribution in [0.4, 0.5) is 5.13 Å². The summed E-state index contributed by atoms with van der Waals surface area (Å²) in [5, 5.41) is 4.36. The largest absolute Gasteiger partial charge is 0.375 e. The van der Waals surface area contributed by atoms with Gasteiger partial charge in [0, 0.05) is 23.7 Å². The molecule has 3 atom stereocenters. The summed E-state index contributed by atoms with van der Waals surface area (Å²) in [5.41, 5.74) is 0. The van der Waals surface area contributed by atoms with E-state index < -0.39 is 0 Å². The van der Waals surface area contributed by atoms with Crippen LogP contribution in [0.2, 0.25) is 0 Å². The van der Waals surface area contributed by atoms with Crippen LogP contribution in [-0.2, 0) is 4.74 Å². The fraction of sp³-hybridized carbons (Fsp3) is 0.750. The van der Waals surface area contributed by atoms with Crippen LogP contribution in [0.5, 0.6) is 0 Å². The molecule has 0 aromatic carbocycles. The Kier molecular flexibility index (Phi) is 4.01. The van der Waals surface area contributed by atoms with Gasteiger partial charge in [-0.2, -0.15) is 0 Å². The molecule has 0 spiro atoms. The number of ether oxygens (including phenoxy) is 1. The van der Waals surface area contributed by atoms with E-state index in [0.29, 0.717) is 18.2 Å². The molecular weight excluding hydrogens is 234 g/mol. The van der Waals surface area contributed by atoms with E-state index in [1.54, 1.807) is 11.3 Å². The third-order valence-electron chi connectivity index (χ3n) is 3.22. The van der Waals surface area contributed by atoms with E-state index in [-0.39, 0.29) is 0 Å². The normalized spacial score (nSPS) is 27.2. The number of hydrogen-bond acceptors (Lipinski definition) is 5. The number of hydrogen-bond donors (Lipinski definition) is 1. The molecule has 0 aliphatic carbocycles. The third-order valence-corrected chi connectivity index (χ3v) is 4.44. The van der Waals surface area contributed by atoms with Gasteiger partial charge in [0.15, 0.2) is 5.13 Å². The van der Waals surface area contributed by atoms with Crippen molar-refractivity contribution in [1.82, 2.24) is 10.3 Å². The lowest BCUT2D eigenvalue weighted by molar-refractivity contribution is 0.0343. The number of anilines is 1. The number of rotatable bonds is 3. The highest BCUT2D eigenvalue weighted by Gasteiger charge is 2.26. The molecule has 17 heavy (non-hydrogen) atoms. The van der Waals surface area contributed by atoms with Crippen LogP contribution < -0.4 is 10.2 Å². The molecule has 3 unspecified atom stereocenters. The van der Waals surface area contributed by atoms with Crippen molar-refractivity contribution in [3.8, 4) is 0 Å². The fourth-order valence-corrected chi connectivity index (χ4v) is 3.01. The molecule has 1 aromatic heterocycles. The average molecular weight is 255 g/mol. The van der Waals surface area contributed by atoms with E-state index in [4.69, 9.17) is 4.74 Å². The van der Waals surface area contributed by atoms with Crippen molar-refractivity contribution in [3.05, 3.63) is 11.1 Å². The number of thiazole rings is 1. The van der Waals surface area contributed by atoms with Gasteiger partial charge in [0.2, 0.25) is 0 Å². The van der Waals surface area contributed by atoms with Crippen molar-refractivity contribution >= 4 is 16.5 Å². The quantitative estimate of drug-likeness (QED) is 0.897. The molecular formula is C12H21N3OS. The van der Waals surface area contributed by atoms with Gasteiger partial charge in [-0.25, -0.2) is 4.98 Å². The van der Waals surface area contributed by atoms with Crippen LogP contribution in [0.1, 0.15) is 31.7 Å². The van der Waals surface area contributed by atoms with Crippen LogP contribution >= 0.6 is 11.3 Å². The summed E-state index contributed by atoms with van der Waals surface area (Å²) in [6, 6.07) is 0.783. The van der Waals surface area contributed by atoms with Crippen molar-refractivity contribution in [3.63, 3.8) is 0 Å². The molecule has 1 fully saturated rings. The first kappa shape index (κ1) is 12.8. The molecule has 0 bridgehead atoms. The van der Waals surface area contributed by atoms with Gasteiger partial charge in [0.25, 0.3) is 0 Å². The van der Waals surface area contributed by atoms with Crippen LogP contribution in [0.3, 0.4) is 0 Å². The minimum atomic E-state index is 0.292. The summed E-state index contributed by atoms with van der Waals surface area (Å²) >= 11 is 1.77. The predicted molar refractivity (Wildman–Crippen MR) is 71.8 cm³/mol. The lowest BCUT2D eigenvalue weighted by atomic mass is 10.2. The second-order valence-electron chi connectivity index (χ2n) is 4.70. The molecule has 2 heterocycles. The second-order valence-corrected chi connectivity index (χ2v) is 5.74. The molecule has 2 rings (SSSR count). The van der Waals surface area contributed by atoms with Crippen LogP contribution in [0, 0.1) is 0 Å². The second kappa shape index (κ2) is 5.33. The Morgan fingerprint density at radius 3 is 3.06 bits per heavy atom. The molecule has 1 aromatic rings. The molecule has 0 amide bonds. The number of nitrogens with one attached hydrogen (secondary N) is 1. The maximum atomic E-state index is 5.64. The zero-order chi connectivity index (χ0) is 12.4. The highest BCUT2D eigenvalue weighted by molar-refractivity contribution is 7.15. The van der Waals surface area contributed by atoms with Gasteiger partial charge >= 0.3 is 0 Å². The maximum Gasteiger partial charge on any atom is 0.185 e. The first-order valence-corrected chi connectivity index (χ1v) is 6.94. The van der Waals surface area contributed by atoms with Crippen LogP contribution in [0.15, 0.2) is 6.20 Å². The molecule has 1 aliphatic heterocycles. The Morgan fingerprint density at radius 1 is 1.59 bits per heavy atom. The van der Waals surface area contributed by atoms with E-state index in [1.165, 1.54) is 4.88 Å². The Morgan fingerprint density at radius 2 is 2.35 bits per heavy atom. The summed E-state index contributed by atoms with van der Waals surface area (Å²) in [7, 11) is 1.98. The van der Waals surface area contributed by atoms with Gasteiger partial charge in [0.05, 0.1) is 18.8 Å². The van der Waals surface area contributed by atoms with Crippen LogP contribution in [0.25, 0.3) is 0 Å². The summed E-state index contributed by atoms with van der Waals surface area (Å²) in [4.78, 5) is 8.18. The Bertz CT molecular complexity index is 368. The molecule has 4 nitrogen and oxygen atoms in total. The topological polar surface area (TPSA) is 37.4 Å². The van der Waals surface area contributed by atoms with Crippen molar-refractivity contribution in [2.45, 2.75) is 39.0 Å². The SMILES string of the molecule is CNC(C)c1cnc(N2CC(C)OCC2C)s1. The molecule has 1 N–H and O–H groups in total. The molecule has 1 saturated heterocycles. The predicted octanol–water partition coefficient (Wildman–Crippen LogP) is 2.04. The first-order chi connectivity index (χ1) is 8.11. The van der Waals surface area contributed by atoms with Gasteiger partial charge in [0.1, 0.15) is 0 Å². The third kappa shape index (κ3) is 2.78. The Labute approximate surface area is 107 Å². The summed E-state index contributed by atoms with van der Waals surface area (Å²) < 4.78 is 5.64. The summed E-state index contributed by atoms with van der Waals surface area (Å²) in [6.45, 7) is 8.18. The summed E-state index contributed by atoms with van der Waals surface area (Å²) in [5.74, 6) is 0. The average Bonchev–Trinajstić information content (AvgIpc) is 2.80. The van der Waals surface area contributed by atoms with Gasteiger partial charge < -0.3 is 15.0 Å². The van der Waals surface area contributed by atoms with E-state index in [1.807, 2.05) is 13.2 Å². The van der Waals surface area contributed by atoms with Crippen molar-refractivity contribution in [1.29, 1.82) is 0 Å². The van der Waals surface area contributed by atoms with Gasteiger partial charge in [-0.3, -0.25) is 0 Å². The lowest BCUT2D eigenvalue weighted by Gasteiger charge is -2.36. The first-order valence-electron chi connectivity index (χ1n) is 6.13. The minimum Gasteiger partial charge on any atom is -0.375 e. The van der Waals surface area contributed by atoms with E-state index in [9.17, 15) is 0 Å². The maximum absolute atomic E-state index is 5.64. The number of nitrogens with zero attached hydrogens (tertiary/aromatic N) is 2. The van der Waals surface area contributed by atoms with E-state index in [0.717, 1.165) is 18.3 Å². The Balaban J connectivity index is 2.13. The molecule has 1 aliphatic rings. The highest BCUT2D eigenvalue weighted by atomic mass is 32.1. The summed E-state index contributed by atoms with van der Waals surface area (Å²) in [6.07, 6.45) is 2.27. The van der Waals surface area contributed by atoms with Gasteiger partial charge in [-0.1, -0.05) is 0 Å². The van der Waals surface area contributed by atoms with Gasteiger partial charge in [-0.05, 0) is 27.8 Å². The minimum absolute atomic E-state index is 0.292. The Hall–Kier alpha value is -0.650. The molecule has 96 valence electrons. The number of aromatic nitrogens is 1. The van der Waals surface area contributed by atoms with Gasteiger partial charge in [-0.15, -0.1) is 11.3 Å². The molecule has 0 saturated carbocycles. The monoisotopic (exact) mass is 255 g/mol. The zero-order valence-corrected chi connectivity index (χ0v) is 11.8. The molecule has 0 radical (unpaired) electrons.